The highest BCUT2D eigenvalue weighted by atomic mass is 16.1. The van der Waals surface area contributed by atoms with Gasteiger partial charge in [-0.3, -0.25) is 4.79 Å². The molecule has 2 N–H and O–H groups in total. The van der Waals surface area contributed by atoms with Crippen molar-refractivity contribution < 1.29 is 0 Å². The van der Waals surface area contributed by atoms with E-state index in [4.69, 9.17) is 4.98 Å². The molecule has 0 saturated heterocycles. The fraction of sp³-hybridized carbons (Fsp3) is 0.185. The second-order valence-corrected chi connectivity index (χ2v) is 8.94. The zero-order chi connectivity index (χ0) is 23.2. The summed E-state index contributed by atoms with van der Waals surface area (Å²) in [6.45, 7) is 3.96. The van der Waals surface area contributed by atoms with Gasteiger partial charge in [0, 0.05) is 52.4 Å². The number of rotatable bonds is 5. The van der Waals surface area contributed by atoms with Gasteiger partial charge in [-0.2, -0.15) is 0 Å². The van der Waals surface area contributed by atoms with Crippen LogP contribution in [0.2, 0.25) is 0 Å². The van der Waals surface area contributed by atoms with Crippen molar-refractivity contribution in [1.82, 2.24) is 24.5 Å². The molecule has 6 rings (SSSR count). The number of aromatic nitrogens is 5. The monoisotopic (exact) mass is 448 g/mol. The van der Waals surface area contributed by atoms with Gasteiger partial charge in [-0.25, -0.2) is 15.0 Å². The van der Waals surface area contributed by atoms with Crippen molar-refractivity contribution in [2.45, 2.75) is 32.6 Å². The lowest BCUT2D eigenvalue weighted by Gasteiger charge is -2.12. The molecule has 0 amide bonds. The van der Waals surface area contributed by atoms with Crippen LogP contribution in [0.1, 0.15) is 35.6 Å². The van der Waals surface area contributed by atoms with E-state index in [1.165, 1.54) is 18.5 Å². The highest BCUT2D eigenvalue weighted by Gasteiger charge is 2.25. The van der Waals surface area contributed by atoms with Crippen LogP contribution in [0.5, 0.6) is 0 Å². The minimum Gasteiger partial charge on any atom is -0.340 e. The summed E-state index contributed by atoms with van der Waals surface area (Å²) >= 11 is 0. The molecule has 0 aliphatic heterocycles. The average molecular weight is 449 g/mol. The van der Waals surface area contributed by atoms with Gasteiger partial charge < -0.3 is 14.9 Å². The number of nitrogens with one attached hydrogen (secondary N) is 2. The van der Waals surface area contributed by atoms with E-state index in [0.717, 1.165) is 39.3 Å². The first-order valence-electron chi connectivity index (χ1n) is 11.4. The van der Waals surface area contributed by atoms with Crippen LogP contribution in [0.4, 0.5) is 11.5 Å². The Morgan fingerprint density at radius 3 is 2.62 bits per heavy atom. The third-order valence-electron chi connectivity index (χ3n) is 6.37. The summed E-state index contributed by atoms with van der Waals surface area (Å²) in [5.74, 6) is 2.02. The number of anilines is 2. The molecule has 7 heteroatoms. The number of pyridine rings is 1. The number of H-pyrrole nitrogens is 1. The van der Waals surface area contributed by atoms with Crippen LogP contribution < -0.4 is 10.9 Å². The van der Waals surface area contributed by atoms with Crippen LogP contribution in [-0.2, 0) is 0 Å². The number of hydrogen-bond acceptors (Lipinski definition) is 5. The van der Waals surface area contributed by atoms with E-state index >= 15 is 0 Å². The number of benzene rings is 2. The van der Waals surface area contributed by atoms with Crippen LogP contribution in [-0.4, -0.2) is 24.5 Å². The van der Waals surface area contributed by atoms with Gasteiger partial charge in [-0.15, -0.1) is 0 Å². The van der Waals surface area contributed by atoms with Gasteiger partial charge in [0.15, 0.2) is 5.82 Å². The highest BCUT2D eigenvalue weighted by molar-refractivity contribution is 5.88. The number of aromatic amines is 1. The molecule has 0 atom stereocenters. The van der Waals surface area contributed by atoms with Crippen molar-refractivity contribution in [3.63, 3.8) is 0 Å². The van der Waals surface area contributed by atoms with Crippen LogP contribution >= 0.6 is 0 Å². The number of imidazole rings is 1. The Balaban J connectivity index is 1.28. The van der Waals surface area contributed by atoms with Crippen molar-refractivity contribution in [2.24, 2.45) is 0 Å². The zero-order valence-corrected chi connectivity index (χ0v) is 19.0. The Morgan fingerprint density at radius 1 is 1.00 bits per heavy atom. The molecular formula is C27H24N6O. The molecule has 168 valence electrons. The first-order valence-corrected chi connectivity index (χ1v) is 11.4. The van der Waals surface area contributed by atoms with E-state index in [-0.39, 0.29) is 5.56 Å². The van der Waals surface area contributed by atoms with E-state index in [1.807, 2.05) is 56.7 Å². The molecule has 1 aliphatic carbocycles. The molecular weight excluding hydrogens is 424 g/mol. The van der Waals surface area contributed by atoms with Gasteiger partial charge >= 0.3 is 0 Å². The quantitative estimate of drug-likeness (QED) is 0.375. The maximum absolute atomic E-state index is 12.1. The second-order valence-electron chi connectivity index (χ2n) is 8.94. The molecule has 0 unspecified atom stereocenters. The summed E-state index contributed by atoms with van der Waals surface area (Å²) < 4.78 is 2.06. The Hall–Kier alpha value is -4.26. The Labute approximate surface area is 196 Å². The molecule has 7 nitrogen and oxygen atoms in total. The molecule has 0 radical (unpaired) electrons. The van der Waals surface area contributed by atoms with Crippen molar-refractivity contribution in [2.75, 3.05) is 5.32 Å². The lowest BCUT2D eigenvalue weighted by atomic mass is 10.1. The van der Waals surface area contributed by atoms with Crippen molar-refractivity contribution in [3.05, 3.63) is 94.6 Å². The van der Waals surface area contributed by atoms with Gasteiger partial charge in [-0.05, 0) is 80.1 Å². The van der Waals surface area contributed by atoms with E-state index in [2.05, 4.69) is 43.2 Å². The molecule has 0 bridgehead atoms. The maximum Gasteiger partial charge on any atom is 0.255 e. The molecule has 5 aromatic rings. The lowest BCUT2D eigenvalue weighted by Crippen LogP contribution is -2.06. The molecule has 0 spiro atoms. The SMILES string of the molecule is Cc1cnc(-c2ccc(-n3cnc(C4CC4)c3)cc2)nc1Nc1ccc2c(=O)[nH]cc(C)c2c1. The minimum atomic E-state index is -0.0874. The number of aryl methyl sites for hydroxylation is 2. The summed E-state index contributed by atoms with van der Waals surface area (Å²) in [7, 11) is 0. The molecule has 1 fully saturated rings. The summed E-state index contributed by atoms with van der Waals surface area (Å²) in [6, 6.07) is 13.9. The Bertz CT molecular complexity index is 1580. The second kappa shape index (κ2) is 7.95. The molecule has 34 heavy (non-hydrogen) atoms. The predicted molar refractivity (Wildman–Crippen MR) is 134 cm³/mol. The van der Waals surface area contributed by atoms with E-state index in [9.17, 15) is 4.79 Å². The number of nitrogens with zero attached hydrogens (tertiary/aromatic N) is 4. The van der Waals surface area contributed by atoms with Gasteiger partial charge in [0.05, 0.1) is 12.0 Å². The van der Waals surface area contributed by atoms with Gasteiger partial charge in [0.2, 0.25) is 0 Å². The van der Waals surface area contributed by atoms with Crippen LogP contribution in [0.3, 0.4) is 0 Å². The Morgan fingerprint density at radius 2 is 1.82 bits per heavy atom. The van der Waals surface area contributed by atoms with E-state index in [1.54, 1.807) is 6.20 Å². The molecule has 2 aromatic carbocycles. The molecule has 1 aliphatic rings. The maximum atomic E-state index is 12.1. The van der Waals surface area contributed by atoms with Crippen LogP contribution in [0, 0.1) is 13.8 Å². The smallest absolute Gasteiger partial charge is 0.255 e. The topological polar surface area (TPSA) is 88.5 Å². The molecule has 1 saturated carbocycles. The summed E-state index contributed by atoms with van der Waals surface area (Å²) in [5.41, 5.74) is 5.92. The third kappa shape index (κ3) is 3.75. The Kier molecular flexibility index (Phi) is 4.76. The van der Waals surface area contributed by atoms with E-state index in [0.29, 0.717) is 17.1 Å². The first-order chi connectivity index (χ1) is 16.5. The van der Waals surface area contributed by atoms with Crippen LogP contribution in [0.15, 0.2) is 72.2 Å². The highest BCUT2D eigenvalue weighted by Crippen LogP contribution is 2.39. The fourth-order valence-electron chi connectivity index (χ4n) is 4.17. The zero-order valence-electron chi connectivity index (χ0n) is 19.0. The van der Waals surface area contributed by atoms with Gasteiger partial charge in [0.25, 0.3) is 5.56 Å². The normalized spacial score (nSPS) is 13.4. The summed E-state index contributed by atoms with van der Waals surface area (Å²) in [5, 5.41) is 4.99. The van der Waals surface area contributed by atoms with Gasteiger partial charge in [-0.1, -0.05) is 0 Å². The predicted octanol–water partition coefficient (Wildman–Crippen LogP) is 5.41. The minimum absolute atomic E-state index is 0.0874. The lowest BCUT2D eigenvalue weighted by molar-refractivity contribution is 1.05. The summed E-state index contributed by atoms with van der Waals surface area (Å²) in [4.78, 5) is 28.7. The third-order valence-corrected chi connectivity index (χ3v) is 6.37. The van der Waals surface area contributed by atoms with Crippen molar-refractivity contribution in [3.8, 4) is 17.1 Å². The largest absolute Gasteiger partial charge is 0.340 e. The molecule has 3 heterocycles. The molecule has 3 aromatic heterocycles. The number of fused-ring (bicyclic) bond motifs is 1. The van der Waals surface area contributed by atoms with Crippen molar-refractivity contribution in [1.29, 1.82) is 0 Å². The van der Waals surface area contributed by atoms with Crippen molar-refractivity contribution >= 4 is 22.3 Å². The van der Waals surface area contributed by atoms with Gasteiger partial charge in [0.1, 0.15) is 5.82 Å². The van der Waals surface area contributed by atoms with E-state index < -0.39 is 0 Å². The standard InChI is InChI=1S/C27H24N6O/c1-16-12-29-27(34)22-10-7-20(11-23(16)22)31-25-17(2)13-28-26(32-25)19-5-8-21(9-6-19)33-14-24(30-15-33)18-3-4-18/h5-15,18H,3-4H2,1-2H3,(H,29,34)(H,28,31,32). The number of hydrogen-bond donors (Lipinski definition) is 2. The first kappa shape index (κ1) is 20.4. The fourth-order valence-corrected chi connectivity index (χ4v) is 4.17. The van der Waals surface area contributed by atoms with Crippen LogP contribution in [0.25, 0.3) is 27.8 Å². The average Bonchev–Trinajstić information content (AvgIpc) is 3.59. The summed E-state index contributed by atoms with van der Waals surface area (Å²) in [6.07, 6.45) is 10.1.